The second-order valence-corrected chi connectivity index (χ2v) is 10.3. The molecule has 1 aromatic heterocycles. The van der Waals surface area contributed by atoms with Gasteiger partial charge in [-0.2, -0.15) is 0 Å². The van der Waals surface area contributed by atoms with Crippen molar-refractivity contribution in [3.05, 3.63) is 70.4 Å². The molecule has 1 amide bonds. The summed E-state index contributed by atoms with van der Waals surface area (Å²) in [7, 11) is -3.98. The minimum Gasteiger partial charge on any atom is -0.452 e. The van der Waals surface area contributed by atoms with Crippen LogP contribution in [0.3, 0.4) is 0 Å². The van der Waals surface area contributed by atoms with E-state index in [1.54, 1.807) is 24.3 Å². The van der Waals surface area contributed by atoms with Gasteiger partial charge in [-0.15, -0.1) is 0 Å². The van der Waals surface area contributed by atoms with Crippen LogP contribution < -0.4 is 10.2 Å². The van der Waals surface area contributed by atoms with Crippen molar-refractivity contribution >= 4 is 49.6 Å². The molecule has 0 aliphatic carbocycles. The molecule has 184 valence electrons. The van der Waals surface area contributed by atoms with Gasteiger partial charge in [-0.05, 0) is 50.2 Å². The lowest BCUT2D eigenvalue weighted by Gasteiger charge is -2.20. The number of hydrogen-bond donors (Lipinski definition) is 1. The maximum Gasteiger partial charge on any atom is 0.338 e. The first-order chi connectivity index (χ1) is 16.6. The molecular formula is C22H22N4O7S2. The average Bonchev–Trinajstić information content (AvgIpc) is 3.33. The number of anilines is 2. The Hall–Kier alpha value is -3.84. The van der Waals surface area contributed by atoms with E-state index in [2.05, 4.69) is 15.2 Å². The van der Waals surface area contributed by atoms with Crippen molar-refractivity contribution in [3.63, 3.8) is 0 Å². The van der Waals surface area contributed by atoms with E-state index in [-0.39, 0.29) is 19.9 Å². The maximum atomic E-state index is 12.7. The van der Waals surface area contributed by atoms with Crippen LogP contribution in [0.1, 0.15) is 24.2 Å². The summed E-state index contributed by atoms with van der Waals surface area (Å²) in [6.45, 7) is 5.13. The van der Waals surface area contributed by atoms with Crippen LogP contribution in [0.15, 0.2) is 63.8 Å². The van der Waals surface area contributed by atoms with Crippen molar-refractivity contribution in [2.75, 3.05) is 29.9 Å². The fraction of sp³-hybridized carbons (Fsp3) is 0.227. The number of aromatic nitrogens is 1. The van der Waals surface area contributed by atoms with Crippen molar-refractivity contribution in [2.45, 2.75) is 23.0 Å². The molecule has 0 saturated heterocycles. The molecule has 0 fully saturated rings. The first-order valence-corrected chi connectivity index (χ1v) is 12.7. The summed E-state index contributed by atoms with van der Waals surface area (Å²) in [5.74, 6) is -1.36. The highest BCUT2D eigenvalue weighted by atomic mass is 32.2. The van der Waals surface area contributed by atoms with Gasteiger partial charge in [0.1, 0.15) is 4.21 Å². The largest absolute Gasteiger partial charge is 0.452 e. The van der Waals surface area contributed by atoms with Crippen LogP contribution in [-0.2, 0) is 19.4 Å². The van der Waals surface area contributed by atoms with Gasteiger partial charge in [0.15, 0.2) is 11.7 Å². The van der Waals surface area contributed by atoms with E-state index < -0.39 is 33.2 Å². The highest BCUT2D eigenvalue weighted by molar-refractivity contribution is 7.93. The number of carbonyl (C=O) groups is 2. The summed E-state index contributed by atoms with van der Waals surface area (Å²) in [4.78, 5) is 40.3. The first-order valence-electron chi connectivity index (χ1n) is 10.4. The van der Waals surface area contributed by atoms with Crippen molar-refractivity contribution in [3.8, 4) is 0 Å². The Morgan fingerprint density at radius 2 is 1.71 bits per heavy atom. The third-order valence-electron chi connectivity index (χ3n) is 4.92. The highest BCUT2D eigenvalue weighted by Crippen LogP contribution is 2.29. The van der Waals surface area contributed by atoms with E-state index in [0.717, 1.165) is 49.2 Å². The zero-order valence-electron chi connectivity index (χ0n) is 18.8. The minimum absolute atomic E-state index is 0.00453. The van der Waals surface area contributed by atoms with Crippen molar-refractivity contribution in [1.82, 2.24) is 4.98 Å². The second kappa shape index (κ2) is 11.1. The summed E-state index contributed by atoms with van der Waals surface area (Å²) in [5, 5.41) is 13.1. The molecule has 11 nitrogen and oxygen atoms in total. The van der Waals surface area contributed by atoms with Gasteiger partial charge in [-0.3, -0.25) is 20.2 Å². The Bertz CT molecular complexity index is 1320. The van der Waals surface area contributed by atoms with E-state index in [1.165, 1.54) is 0 Å². The number of amides is 1. The number of nitro groups is 1. The topological polar surface area (TPSA) is 149 Å². The van der Waals surface area contributed by atoms with Crippen LogP contribution in [0.25, 0.3) is 0 Å². The van der Waals surface area contributed by atoms with Crippen LogP contribution in [0.5, 0.6) is 0 Å². The monoisotopic (exact) mass is 518 g/mol. The molecule has 1 N–H and O–H groups in total. The molecule has 0 atom stereocenters. The standard InChI is InChI=1S/C22H22N4O7S2/c1-3-25(4-2)16-7-5-15(6-8-16)21(28)33-14-19(27)24-22-23-13-20(34-22)35(31,32)18-11-9-17(10-12-18)26(29)30/h5-13H,3-4,14H2,1-2H3,(H,23,24,27). The predicted octanol–water partition coefficient (Wildman–Crippen LogP) is 3.53. The Morgan fingerprint density at radius 3 is 2.29 bits per heavy atom. The molecule has 13 heteroatoms. The van der Waals surface area contributed by atoms with Gasteiger partial charge in [0.05, 0.1) is 21.6 Å². The third kappa shape index (κ3) is 6.19. The fourth-order valence-corrected chi connectivity index (χ4v) is 5.52. The summed E-state index contributed by atoms with van der Waals surface area (Å²) in [6, 6.07) is 11.2. The summed E-state index contributed by atoms with van der Waals surface area (Å²) in [6.07, 6.45) is 1.07. The predicted molar refractivity (Wildman–Crippen MR) is 130 cm³/mol. The number of non-ortho nitro benzene ring substituents is 1. The van der Waals surface area contributed by atoms with Gasteiger partial charge in [0.2, 0.25) is 9.84 Å². The lowest BCUT2D eigenvalue weighted by Crippen LogP contribution is -2.22. The fourth-order valence-electron chi connectivity index (χ4n) is 3.07. The average molecular weight is 519 g/mol. The number of sulfone groups is 1. The number of nitrogens with zero attached hydrogens (tertiary/aromatic N) is 3. The van der Waals surface area contributed by atoms with Crippen LogP contribution in [0, 0.1) is 10.1 Å². The third-order valence-corrected chi connectivity index (χ3v) is 8.06. The van der Waals surface area contributed by atoms with E-state index >= 15 is 0 Å². The van der Waals surface area contributed by atoms with Crippen LogP contribution in [-0.4, -0.2) is 49.9 Å². The molecule has 0 radical (unpaired) electrons. The van der Waals surface area contributed by atoms with Crippen LogP contribution in [0.4, 0.5) is 16.5 Å². The number of esters is 1. The Kier molecular flexibility index (Phi) is 8.14. The van der Waals surface area contributed by atoms with Crippen LogP contribution in [0.2, 0.25) is 0 Å². The number of carbonyl (C=O) groups excluding carboxylic acids is 2. The van der Waals surface area contributed by atoms with Gasteiger partial charge in [0, 0.05) is 30.9 Å². The van der Waals surface area contributed by atoms with Gasteiger partial charge in [-0.1, -0.05) is 11.3 Å². The number of rotatable bonds is 10. The number of benzene rings is 2. The Balaban J connectivity index is 1.58. The number of nitro benzene ring substituents is 1. The second-order valence-electron chi connectivity index (χ2n) is 7.08. The molecule has 0 unspecified atom stereocenters. The molecule has 0 saturated carbocycles. The van der Waals surface area contributed by atoms with E-state index in [1.807, 2.05) is 13.8 Å². The zero-order valence-corrected chi connectivity index (χ0v) is 20.5. The molecule has 1 heterocycles. The molecule has 0 aliphatic heterocycles. The summed E-state index contributed by atoms with van der Waals surface area (Å²) >= 11 is 0.703. The van der Waals surface area contributed by atoms with Gasteiger partial charge >= 0.3 is 5.97 Å². The van der Waals surface area contributed by atoms with Gasteiger partial charge in [-0.25, -0.2) is 18.2 Å². The van der Waals surface area contributed by atoms with Crippen LogP contribution >= 0.6 is 11.3 Å². The summed E-state index contributed by atoms with van der Waals surface area (Å²) in [5.41, 5.74) is 1.02. The van der Waals surface area contributed by atoms with E-state index in [0.29, 0.717) is 16.9 Å². The number of thiazole rings is 1. The molecule has 3 rings (SSSR count). The molecule has 2 aromatic carbocycles. The summed E-state index contributed by atoms with van der Waals surface area (Å²) < 4.78 is 30.3. The molecule has 0 bridgehead atoms. The van der Waals surface area contributed by atoms with Crippen molar-refractivity contribution < 1.29 is 27.7 Å². The smallest absolute Gasteiger partial charge is 0.338 e. The molecular weight excluding hydrogens is 496 g/mol. The van der Waals surface area contributed by atoms with E-state index in [9.17, 15) is 28.1 Å². The Labute approximate surface area is 205 Å². The molecule has 0 spiro atoms. The number of ether oxygens (including phenoxy) is 1. The normalized spacial score (nSPS) is 11.0. The number of hydrogen-bond acceptors (Lipinski definition) is 10. The van der Waals surface area contributed by atoms with Gasteiger partial charge < -0.3 is 9.64 Å². The quantitative estimate of drug-likeness (QED) is 0.242. The lowest BCUT2D eigenvalue weighted by atomic mass is 10.2. The number of nitrogens with one attached hydrogen (secondary N) is 1. The van der Waals surface area contributed by atoms with E-state index in [4.69, 9.17) is 4.74 Å². The van der Waals surface area contributed by atoms with Gasteiger partial charge in [0.25, 0.3) is 11.6 Å². The molecule has 0 aliphatic rings. The Morgan fingerprint density at radius 1 is 1.09 bits per heavy atom. The van der Waals surface area contributed by atoms with Crippen molar-refractivity contribution in [1.29, 1.82) is 0 Å². The highest BCUT2D eigenvalue weighted by Gasteiger charge is 2.22. The molecule has 3 aromatic rings. The minimum atomic E-state index is -3.98. The van der Waals surface area contributed by atoms with Crippen molar-refractivity contribution in [2.24, 2.45) is 0 Å². The zero-order chi connectivity index (χ0) is 25.6. The first kappa shape index (κ1) is 25.8. The molecule has 35 heavy (non-hydrogen) atoms. The maximum absolute atomic E-state index is 12.7. The SMILES string of the molecule is CCN(CC)c1ccc(C(=O)OCC(=O)Nc2ncc(S(=O)(=O)c3ccc([N+](=O)[O-])cc3)s2)cc1. The lowest BCUT2D eigenvalue weighted by molar-refractivity contribution is -0.384.